The van der Waals surface area contributed by atoms with Gasteiger partial charge in [0.05, 0.1) is 18.3 Å². The van der Waals surface area contributed by atoms with Crippen molar-refractivity contribution in [2.45, 2.75) is 56.7 Å². The fraction of sp³-hybridized carbons (Fsp3) is 1.00. The Morgan fingerprint density at radius 2 is 1.70 bits per heavy atom. The Labute approximate surface area is 123 Å². The van der Waals surface area contributed by atoms with Crippen LogP contribution in [0.3, 0.4) is 0 Å². The zero-order chi connectivity index (χ0) is 13.8. The third-order valence-corrected chi connectivity index (χ3v) is 5.41. The van der Waals surface area contributed by atoms with Crippen molar-refractivity contribution in [3.63, 3.8) is 0 Å². The summed E-state index contributed by atoms with van der Waals surface area (Å²) in [6, 6.07) is 0. The largest absolute Gasteiger partial charge is 0.395 e. The van der Waals surface area contributed by atoms with E-state index in [4.69, 9.17) is 9.84 Å². The van der Waals surface area contributed by atoms with E-state index in [0.717, 1.165) is 32.7 Å². The molecule has 1 unspecified atom stereocenters. The molecule has 2 aliphatic heterocycles. The van der Waals surface area contributed by atoms with Gasteiger partial charge in [-0.05, 0) is 45.2 Å². The molecule has 0 aromatic carbocycles. The van der Waals surface area contributed by atoms with Crippen molar-refractivity contribution < 1.29 is 9.84 Å². The van der Waals surface area contributed by atoms with Crippen LogP contribution in [0.2, 0.25) is 0 Å². The summed E-state index contributed by atoms with van der Waals surface area (Å²) < 4.78 is 6.43. The lowest BCUT2D eigenvalue weighted by molar-refractivity contribution is -0.0469. The lowest BCUT2D eigenvalue weighted by atomic mass is 9.98. The first-order chi connectivity index (χ1) is 9.80. The summed E-state index contributed by atoms with van der Waals surface area (Å²) in [4.78, 5) is 4.96. The first kappa shape index (κ1) is 14.8. The van der Waals surface area contributed by atoms with E-state index in [1.807, 2.05) is 0 Å². The van der Waals surface area contributed by atoms with Gasteiger partial charge in [-0.3, -0.25) is 9.80 Å². The molecule has 1 saturated carbocycles. The van der Waals surface area contributed by atoms with Crippen LogP contribution in [0.25, 0.3) is 0 Å². The number of ether oxygens (including phenoxy) is 1. The Morgan fingerprint density at radius 3 is 2.50 bits per heavy atom. The second kappa shape index (κ2) is 6.73. The van der Waals surface area contributed by atoms with Gasteiger partial charge in [0, 0.05) is 26.2 Å². The predicted octanol–water partition coefficient (Wildman–Crippen LogP) is 1.48. The van der Waals surface area contributed by atoms with E-state index in [2.05, 4.69) is 9.80 Å². The maximum atomic E-state index is 9.05. The third kappa shape index (κ3) is 3.53. The number of aliphatic hydroxyl groups is 1. The summed E-state index contributed by atoms with van der Waals surface area (Å²) in [5, 5.41) is 9.05. The van der Waals surface area contributed by atoms with E-state index in [-0.39, 0.29) is 12.2 Å². The highest BCUT2D eigenvalue weighted by molar-refractivity contribution is 4.93. The molecule has 1 aliphatic carbocycles. The van der Waals surface area contributed by atoms with Crippen LogP contribution in [0.5, 0.6) is 0 Å². The van der Waals surface area contributed by atoms with Gasteiger partial charge in [0.15, 0.2) is 0 Å². The Kier molecular flexibility index (Phi) is 4.97. The molecule has 4 nitrogen and oxygen atoms in total. The van der Waals surface area contributed by atoms with E-state index in [1.54, 1.807) is 0 Å². The SMILES string of the molecule is OCCN1CCCN(CC2CCC3(CCCC3)O2)CC1. The Balaban J connectivity index is 1.44. The van der Waals surface area contributed by atoms with Crippen molar-refractivity contribution in [3.8, 4) is 0 Å². The van der Waals surface area contributed by atoms with Crippen LogP contribution < -0.4 is 0 Å². The van der Waals surface area contributed by atoms with Crippen LogP contribution in [0, 0.1) is 0 Å². The zero-order valence-corrected chi connectivity index (χ0v) is 12.7. The molecular formula is C16H30N2O2. The van der Waals surface area contributed by atoms with Gasteiger partial charge in [-0.25, -0.2) is 0 Å². The third-order valence-electron chi connectivity index (χ3n) is 5.41. The number of nitrogens with zero attached hydrogens (tertiary/aromatic N) is 2. The lowest BCUT2D eigenvalue weighted by Crippen LogP contribution is -2.37. The predicted molar refractivity (Wildman–Crippen MR) is 79.9 cm³/mol. The molecule has 4 heteroatoms. The van der Waals surface area contributed by atoms with E-state index in [1.165, 1.54) is 51.5 Å². The number of β-amino-alcohol motifs (C(OH)–C–C–N with tert-alkyl or cyclic N) is 1. The average molecular weight is 282 g/mol. The van der Waals surface area contributed by atoms with Crippen LogP contribution in [0.15, 0.2) is 0 Å². The van der Waals surface area contributed by atoms with Gasteiger partial charge in [-0.1, -0.05) is 12.8 Å². The van der Waals surface area contributed by atoms with E-state index in [0.29, 0.717) is 6.10 Å². The van der Waals surface area contributed by atoms with Crippen molar-refractivity contribution in [2.24, 2.45) is 0 Å². The summed E-state index contributed by atoms with van der Waals surface area (Å²) in [5.41, 5.74) is 0.277. The molecule has 0 bridgehead atoms. The summed E-state index contributed by atoms with van der Waals surface area (Å²) in [6.45, 7) is 6.78. The molecule has 20 heavy (non-hydrogen) atoms. The maximum absolute atomic E-state index is 9.05. The molecule has 1 atom stereocenters. The van der Waals surface area contributed by atoms with E-state index in [9.17, 15) is 0 Å². The standard InChI is InChI=1S/C16H30N2O2/c19-13-12-17-8-3-9-18(11-10-17)14-15-4-7-16(20-15)5-1-2-6-16/h15,19H,1-14H2. The highest BCUT2D eigenvalue weighted by Crippen LogP contribution is 2.43. The van der Waals surface area contributed by atoms with Gasteiger partial charge >= 0.3 is 0 Å². The first-order valence-electron chi connectivity index (χ1n) is 8.53. The van der Waals surface area contributed by atoms with Crippen LogP contribution in [0.1, 0.15) is 44.9 Å². The van der Waals surface area contributed by atoms with Crippen LogP contribution >= 0.6 is 0 Å². The van der Waals surface area contributed by atoms with Gasteiger partial charge < -0.3 is 9.84 Å². The Hall–Kier alpha value is -0.160. The molecule has 0 aromatic heterocycles. The molecule has 3 rings (SSSR count). The second-order valence-corrected chi connectivity index (χ2v) is 6.89. The number of rotatable bonds is 4. The topological polar surface area (TPSA) is 35.9 Å². The molecule has 3 fully saturated rings. The molecule has 2 heterocycles. The van der Waals surface area contributed by atoms with Crippen molar-refractivity contribution in [2.75, 3.05) is 45.9 Å². The molecule has 0 radical (unpaired) electrons. The molecule has 116 valence electrons. The van der Waals surface area contributed by atoms with Crippen molar-refractivity contribution in [3.05, 3.63) is 0 Å². The van der Waals surface area contributed by atoms with Gasteiger partial charge in [0.1, 0.15) is 0 Å². The molecular weight excluding hydrogens is 252 g/mol. The molecule has 0 amide bonds. The summed E-state index contributed by atoms with van der Waals surface area (Å²) in [7, 11) is 0. The quantitative estimate of drug-likeness (QED) is 0.847. The number of aliphatic hydroxyl groups excluding tert-OH is 1. The Bertz CT molecular complexity index is 305. The monoisotopic (exact) mass is 282 g/mol. The molecule has 2 saturated heterocycles. The minimum absolute atomic E-state index is 0.277. The number of hydrogen-bond acceptors (Lipinski definition) is 4. The molecule has 1 spiro atoms. The van der Waals surface area contributed by atoms with Gasteiger partial charge in [-0.15, -0.1) is 0 Å². The highest BCUT2D eigenvalue weighted by atomic mass is 16.5. The first-order valence-corrected chi connectivity index (χ1v) is 8.53. The van der Waals surface area contributed by atoms with Crippen molar-refractivity contribution >= 4 is 0 Å². The zero-order valence-electron chi connectivity index (χ0n) is 12.7. The molecule has 1 N–H and O–H groups in total. The molecule has 0 aromatic rings. The average Bonchev–Trinajstić information content (AvgIpc) is 3.00. The lowest BCUT2D eigenvalue weighted by Gasteiger charge is -2.27. The van der Waals surface area contributed by atoms with Gasteiger partial charge in [0.2, 0.25) is 0 Å². The summed E-state index contributed by atoms with van der Waals surface area (Å²) in [5.74, 6) is 0. The summed E-state index contributed by atoms with van der Waals surface area (Å²) >= 11 is 0. The minimum Gasteiger partial charge on any atom is -0.395 e. The summed E-state index contributed by atoms with van der Waals surface area (Å²) in [6.07, 6.45) is 9.58. The van der Waals surface area contributed by atoms with Crippen LogP contribution in [-0.2, 0) is 4.74 Å². The molecule has 3 aliphatic rings. The minimum atomic E-state index is 0.277. The Morgan fingerprint density at radius 1 is 0.950 bits per heavy atom. The highest BCUT2D eigenvalue weighted by Gasteiger charge is 2.42. The fourth-order valence-corrected chi connectivity index (χ4v) is 4.27. The van der Waals surface area contributed by atoms with Gasteiger partial charge in [0.25, 0.3) is 0 Å². The second-order valence-electron chi connectivity index (χ2n) is 6.89. The van der Waals surface area contributed by atoms with Crippen LogP contribution in [-0.4, -0.2) is 72.5 Å². The fourth-order valence-electron chi connectivity index (χ4n) is 4.27. The number of hydrogen-bond donors (Lipinski definition) is 1. The maximum Gasteiger partial charge on any atom is 0.0710 e. The normalized spacial score (nSPS) is 31.9. The van der Waals surface area contributed by atoms with Crippen molar-refractivity contribution in [1.29, 1.82) is 0 Å². The van der Waals surface area contributed by atoms with Crippen molar-refractivity contribution in [1.82, 2.24) is 9.80 Å². The van der Waals surface area contributed by atoms with Crippen LogP contribution in [0.4, 0.5) is 0 Å². The van der Waals surface area contributed by atoms with E-state index < -0.39 is 0 Å². The van der Waals surface area contributed by atoms with E-state index >= 15 is 0 Å². The smallest absolute Gasteiger partial charge is 0.0710 e. The van der Waals surface area contributed by atoms with Gasteiger partial charge in [-0.2, -0.15) is 0 Å².